The first kappa shape index (κ1) is 13.6. The molecule has 0 radical (unpaired) electrons. The molecule has 98 valence electrons. The van der Waals surface area contributed by atoms with E-state index in [1.54, 1.807) is 18.2 Å². The van der Waals surface area contributed by atoms with E-state index in [4.69, 9.17) is 14.6 Å². The highest BCUT2D eigenvalue weighted by Gasteiger charge is 2.09. The van der Waals surface area contributed by atoms with Crippen molar-refractivity contribution < 1.29 is 24.2 Å². The number of hydrogen-bond donors (Lipinski definition) is 3. The number of aliphatic carboxylic acids is 1. The van der Waals surface area contributed by atoms with Crippen molar-refractivity contribution in [1.82, 2.24) is 5.32 Å². The van der Waals surface area contributed by atoms with Crippen molar-refractivity contribution in [2.45, 2.75) is 0 Å². The summed E-state index contributed by atoms with van der Waals surface area (Å²) >= 11 is 0. The van der Waals surface area contributed by atoms with Gasteiger partial charge in [-0.05, 0) is 12.1 Å². The molecule has 0 spiro atoms. The average molecular weight is 254 g/mol. The lowest BCUT2D eigenvalue weighted by Gasteiger charge is -2.11. The van der Waals surface area contributed by atoms with Gasteiger partial charge in [-0.3, -0.25) is 4.79 Å². The standard InChI is InChI=1S/C11H14N2O5/c1-17-7-3-4-9(18-2)8(5-7)13-11(16)12-6-10(14)15/h3-5H,6H2,1-2H3,(H,14,15)(H2,12,13,16). The van der Waals surface area contributed by atoms with Gasteiger partial charge in [0.05, 0.1) is 19.9 Å². The number of carboxylic acid groups (broad SMARTS) is 1. The van der Waals surface area contributed by atoms with E-state index < -0.39 is 18.5 Å². The maximum atomic E-state index is 11.4. The third-order valence-corrected chi connectivity index (χ3v) is 2.06. The Bertz CT molecular complexity index is 447. The van der Waals surface area contributed by atoms with Crippen LogP contribution in [0.25, 0.3) is 0 Å². The lowest BCUT2D eigenvalue weighted by Crippen LogP contribution is -2.33. The molecule has 0 aliphatic rings. The number of hydrogen-bond acceptors (Lipinski definition) is 4. The number of urea groups is 1. The van der Waals surface area contributed by atoms with Crippen molar-refractivity contribution in [2.24, 2.45) is 0 Å². The summed E-state index contributed by atoms with van der Waals surface area (Å²) in [5.74, 6) is -0.131. The van der Waals surface area contributed by atoms with Gasteiger partial charge in [-0.25, -0.2) is 4.79 Å². The Morgan fingerprint density at radius 2 is 2.00 bits per heavy atom. The third-order valence-electron chi connectivity index (χ3n) is 2.06. The topological polar surface area (TPSA) is 96.9 Å². The number of benzene rings is 1. The Morgan fingerprint density at radius 1 is 1.28 bits per heavy atom. The van der Waals surface area contributed by atoms with Gasteiger partial charge in [-0.15, -0.1) is 0 Å². The highest BCUT2D eigenvalue weighted by atomic mass is 16.5. The van der Waals surface area contributed by atoms with Crippen molar-refractivity contribution in [3.63, 3.8) is 0 Å². The van der Waals surface area contributed by atoms with Gasteiger partial charge in [0.2, 0.25) is 0 Å². The van der Waals surface area contributed by atoms with Crippen LogP contribution in [0.3, 0.4) is 0 Å². The minimum Gasteiger partial charge on any atom is -0.497 e. The number of anilines is 1. The highest BCUT2D eigenvalue weighted by Crippen LogP contribution is 2.28. The highest BCUT2D eigenvalue weighted by molar-refractivity contribution is 5.92. The van der Waals surface area contributed by atoms with E-state index in [9.17, 15) is 9.59 Å². The van der Waals surface area contributed by atoms with Crippen LogP contribution < -0.4 is 20.1 Å². The molecule has 18 heavy (non-hydrogen) atoms. The molecule has 0 aliphatic heterocycles. The lowest BCUT2D eigenvalue weighted by atomic mass is 10.2. The number of amides is 2. The zero-order valence-electron chi connectivity index (χ0n) is 10.0. The molecule has 0 aromatic heterocycles. The average Bonchev–Trinajstić information content (AvgIpc) is 2.36. The van der Waals surface area contributed by atoms with Crippen molar-refractivity contribution in [1.29, 1.82) is 0 Å². The van der Waals surface area contributed by atoms with Crippen LogP contribution in [0.15, 0.2) is 18.2 Å². The van der Waals surface area contributed by atoms with Crippen molar-refractivity contribution in [3.8, 4) is 11.5 Å². The molecule has 2 amide bonds. The lowest BCUT2D eigenvalue weighted by molar-refractivity contribution is -0.135. The Kier molecular flexibility index (Phi) is 4.79. The van der Waals surface area contributed by atoms with Crippen LogP contribution in [0, 0.1) is 0 Å². The summed E-state index contributed by atoms with van der Waals surface area (Å²) in [5.41, 5.74) is 0.389. The van der Waals surface area contributed by atoms with Gasteiger partial charge >= 0.3 is 12.0 Å². The molecule has 1 aromatic rings. The molecule has 0 atom stereocenters. The zero-order valence-corrected chi connectivity index (χ0v) is 10.0. The van der Waals surface area contributed by atoms with Gasteiger partial charge in [0.15, 0.2) is 0 Å². The Morgan fingerprint density at radius 3 is 2.56 bits per heavy atom. The van der Waals surface area contributed by atoms with E-state index in [0.29, 0.717) is 17.2 Å². The number of carboxylic acids is 1. The van der Waals surface area contributed by atoms with Crippen LogP contribution in [0.4, 0.5) is 10.5 Å². The second-order valence-corrected chi connectivity index (χ2v) is 3.27. The van der Waals surface area contributed by atoms with Crippen molar-refractivity contribution >= 4 is 17.7 Å². The zero-order chi connectivity index (χ0) is 13.5. The van der Waals surface area contributed by atoms with Crippen LogP contribution in [-0.2, 0) is 4.79 Å². The summed E-state index contributed by atoms with van der Waals surface area (Å²) in [4.78, 5) is 21.7. The third kappa shape index (κ3) is 3.85. The fourth-order valence-electron chi connectivity index (χ4n) is 1.23. The Balaban J connectivity index is 2.75. The predicted octanol–water partition coefficient (Wildman–Crippen LogP) is 0.910. The molecule has 7 heteroatoms. The molecular formula is C11H14N2O5. The van der Waals surface area contributed by atoms with Gasteiger partial charge in [0, 0.05) is 6.07 Å². The van der Waals surface area contributed by atoms with Crippen LogP contribution >= 0.6 is 0 Å². The molecule has 3 N–H and O–H groups in total. The maximum Gasteiger partial charge on any atom is 0.323 e. The van der Waals surface area contributed by atoms with E-state index in [2.05, 4.69) is 10.6 Å². The summed E-state index contributed by atoms with van der Waals surface area (Å²) < 4.78 is 10.1. The Hall–Kier alpha value is -2.44. The first-order chi connectivity index (χ1) is 8.56. The van der Waals surface area contributed by atoms with Gasteiger partial charge in [0.25, 0.3) is 0 Å². The smallest absolute Gasteiger partial charge is 0.323 e. The minimum atomic E-state index is -1.12. The number of methoxy groups -OCH3 is 2. The van der Waals surface area contributed by atoms with Crippen molar-refractivity contribution in [3.05, 3.63) is 18.2 Å². The van der Waals surface area contributed by atoms with Crippen LogP contribution in [0.2, 0.25) is 0 Å². The molecule has 7 nitrogen and oxygen atoms in total. The first-order valence-electron chi connectivity index (χ1n) is 5.05. The van der Waals surface area contributed by atoms with E-state index in [1.807, 2.05) is 0 Å². The predicted molar refractivity (Wildman–Crippen MR) is 64.2 cm³/mol. The van der Waals surface area contributed by atoms with Gasteiger partial charge < -0.3 is 25.2 Å². The van der Waals surface area contributed by atoms with Gasteiger partial charge in [0.1, 0.15) is 18.0 Å². The van der Waals surface area contributed by atoms with Gasteiger partial charge in [-0.1, -0.05) is 0 Å². The summed E-state index contributed by atoms with van der Waals surface area (Å²) in [6.45, 7) is -0.460. The van der Waals surface area contributed by atoms with Crippen molar-refractivity contribution in [2.75, 3.05) is 26.1 Å². The second kappa shape index (κ2) is 6.33. The number of nitrogens with one attached hydrogen (secondary N) is 2. The molecule has 0 heterocycles. The Labute approximate surface area is 104 Å². The molecule has 0 unspecified atom stereocenters. The van der Waals surface area contributed by atoms with Gasteiger partial charge in [-0.2, -0.15) is 0 Å². The normalized spacial score (nSPS) is 9.44. The summed E-state index contributed by atoms with van der Waals surface area (Å²) in [6.07, 6.45) is 0. The van der Waals surface area contributed by atoms with Crippen LogP contribution in [0.5, 0.6) is 11.5 Å². The molecule has 0 bridgehead atoms. The molecule has 0 aliphatic carbocycles. The maximum absolute atomic E-state index is 11.4. The fourth-order valence-corrected chi connectivity index (χ4v) is 1.23. The molecule has 0 fully saturated rings. The van der Waals surface area contributed by atoms with E-state index >= 15 is 0 Å². The summed E-state index contributed by atoms with van der Waals surface area (Å²) in [7, 11) is 2.96. The monoisotopic (exact) mass is 254 g/mol. The van der Waals surface area contributed by atoms with Crippen LogP contribution in [0.1, 0.15) is 0 Å². The molecule has 1 rings (SSSR count). The molecular weight excluding hydrogens is 240 g/mol. The number of carbonyl (C=O) groups excluding carboxylic acids is 1. The number of ether oxygens (including phenoxy) is 2. The molecule has 0 saturated heterocycles. The minimum absolute atomic E-state index is 0.389. The van der Waals surface area contributed by atoms with E-state index in [-0.39, 0.29) is 0 Å². The van der Waals surface area contributed by atoms with E-state index in [1.165, 1.54) is 14.2 Å². The fraction of sp³-hybridized carbons (Fsp3) is 0.273. The summed E-state index contributed by atoms with van der Waals surface area (Å²) in [6, 6.07) is 4.24. The number of rotatable bonds is 5. The van der Waals surface area contributed by atoms with E-state index in [0.717, 1.165) is 0 Å². The first-order valence-corrected chi connectivity index (χ1v) is 5.05. The molecule has 0 saturated carbocycles. The SMILES string of the molecule is COc1ccc(OC)c(NC(=O)NCC(=O)O)c1. The summed E-state index contributed by atoms with van der Waals surface area (Å²) in [5, 5.41) is 13.1. The number of carbonyl (C=O) groups is 2. The quantitative estimate of drug-likeness (QED) is 0.725. The second-order valence-electron chi connectivity index (χ2n) is 3.27. The molecule has 1 aromatic carbocycles. The largest absolute Gasteiger partial charge is 0.497 e. The van der Waals surface area contributed by atoms with Crippen LogP contribution in [-0.4, -0.2) is 37.9 Å².